The van der Waals surface area contributed by atoms with E-state index in [0.29, 0.717) is 10.8 Å². The third-order valence-corrected chi connectivity index (χ3v) is 10.5. The van der Waals surface area contributed by atoms with E-state index in [9.17, 15) is 21.6 Å². The van der Waals surface area contributed by atoms with E-state index in [1.165, 1.54) is 62.0 Å². The van der Waals surface area contributed by atoms with E-state index in [1.54, 1.807) is 42.5 Å². The standard InChI is InChI=1S/C31H25N3O6S2/c1-20-6-11-24(12-7-20)41(36,37)33-19-27(26-17-23(31(35)40-3)10-15-28(26)33)29-18-22-5-4-16-32-30(22)34(29)42(38,39)25-13-8-21(2)9-14-25/h4-19H,1-3H3. The van der Waals surface area contributed by atoms with Gasteiger partial charge in [-0.15, -0.1) is 0 Å². The van der Waals surface area contributed by atoms with Crippen LogP contribution in [-0.2, 0) is 24.8 Å². The van der Waals surface area contributed by atoms with E-state index in [0.717, 1.165) is 19.1 Å². The fourth-order valence-corrected chi connectivity index (χ4v) is 7.78. The Morgan fingerprint density at radius 1 is 0.786 bits per heavy atom. The molecule has 212 valence electrons. The highest BCUT2D eigenvalue weighted by atomic mass is 32.2. The zero-order chi connectivity index (χ0) is 29.8. The molecule has 42 heavy (non-hydrogen) atoms. The number of benzene rings is 3. The van der Waals surface area contributed by atoms with Gasteiger partial charge in [0.1, 0.15) is 0 Å². The number of fused-ring (bicyclic) bond motifs is 2. The Morgan fingerprint density at radius 2 is 1.40 bits per heavy atom. The first kappa shape index (κ1) is 27.4. The van der Waals surface area contributed by atoms with Crippen LogP contribution in [-0.4, -0.2) is 42.8 Å². The summed E-state index contributed by atoms with van der Waals surface area (Å²) in [6.45, 7) is 3.71. The first-order valence-electron chi connectivity index (χ1n) is 12.9. The van der Waals surface area contributed by atoms with Crippen LogP contribution in [0.2, 0.25) is 0 Å². The monoisotopic (exact) mass is 599 g/mol. The Kier molecular flexibility index (Phi) is 6.51. The molecule has 0 unspecified atom stereocenters. The molecule has 0 radical (unpaired) electrons. The molecule has 0 fully saturated rings. The minimum Gasteiger partial charge on any atom is -0.465 e. The number of rotatable bonds is 6. The Labute approximate surface area is 242 Å². The molecule has 0 spiro atoms. The van der Waals surface area contributed by atoms with Crippen molar-refractivity contribution >= 4 is 48.0 Å². The number of carbonyl (C=O) groups excluding carboxylic acids is 1. The van der Waals surface area contributed by atoms with Crippen LogP contribution in [0.3, 0.4) is 0 Å². The molecule has 0 bridgehead atoms. The largest absolute Gasteiger partial charge is 0.465 e. The van der Waals surface area contributed by atoms with Gasteiger partial charge in [0.2, 0.25) is 0 Å². The van der Waals surface area contributed by atoms with Crippen LogP contribution in [0.1, 0.15) is 21.5 Å². The predicted octanol–water partition coefficient (Wildman–Crippen LogP) is 5.54. The molecule has 6 aromatic rings. The van der Waals surface area contributed by atoms with Crippen LogP contribution in [0.4, 0.5) is 0 Å². The average molecular weight is 600 g/mol. The van der Waals surface area contributed by atoms with Gasteiger partial charge in [-0.25, -0.2) is 34.6 Å². The molecule has 0 amide bonds. The number of nitrogens with zero attached hydrogens (tertiary/aromatic N) is 3. The summed E-state index contributed by atoms with van der Waals surface area (Å²) in [4.78, 5) is 17.0. The van der Waals surface area contributed by atoms with Crippen molar-refractivity contribution in [2.75, 3.05) is 7.11 Å². The van der Waals surface area contributed by atoms with E-state index >= 15 is 0 Å². The molecule has 0 N–H and O–H groups in total. The predicted molar refractivity (Wildman–Crippen MR) is 160 cm³/mol. The summed E-state index contributed by atoms with van der Waals surface area (Å²) >= 11 is 0. The minimum absolute atomic E-state index is 0.0452. The van der Waals surface area contributed by atoms with Crippen LogP contribution in [0.25, 0.3) is 33.2 Å². The normalized spacial score (nSPS) is 12.2. The van der Waals surface area contributed by atoms with Gasteiger partial charge in [0.05, 0.1) is 33.7 Å². The lowest BCUT2D eigenvalue weighted by Crippen LogP contribution is -2.15. The maximum absolute atomic E-state index is 14.2. The molecule has 3 heterocycles. The number of aryl methyl sites for hydroxylation is 2. The van der Waals surface area contributed by atoms with Crippen molar-refractivity contribution in [2.24, 2.45) is 0 Å². The maximum Gasteiger partial charge on any atom is 0.337 e. The molecule has 0 aliphatic rings. The minimum atomic E-state index is -4.20. The zero-order valence-electron chi connectivity index (χ0n) is 22.8. The number of aromatic nitrogens is 3. The van der Waals surface area contributed by atoms with E-state index in [-0.39, 0.29) is 37.8 Å². The van der Waals surface area contributed by atoms with E-state index in [1.807, 2.05) is 13.8 Å². The van der Waals surface area contributed by atoms with Gasteiger partial charge in [0.15, 0.2) is 5.65 Å². The lowest BCUT2D eigenvalue weighted by atomic mass is 10.1. The Morgan fingerprint density at radius 3 is 2.02 bits per heavy atom. The highest BCUT2D eigenvalue weighted by molar-refractivity contribution is 7.90. The van der Waals surface area contributed by atoms with E-state index < -0.39 is 26.0 Å². The summed E-state index contributed by atoms with van der Waals surface area (Å²) < 4.78 is 63.3. The van der Waals surface area contributed by atoms with E-state index in [2.05, 4.69) is 4.98 Å². The first-order chi connectivity index (χ1) is 20.0. The van der Waals surface area contributed by atoms with Crippen molar-refractivity contribution in [1.82, 2.24) is 12.9 Å². The van der Waals surface area contributed by atoms with Gasteiger partial charge in [-0.3, -0.25) is 0 Å². The van der Waals surface area contributed by atoms with Gasteiger partial charge in [-0.05, 0) is 74.5 Å². The fourth-order valence-electron chi connectivity index (χ4n) is 4.93. The van der Waals surface area contributed by atoms with Crippen molar-refractivity contribution in [1.29, 1.82) is 0 Å². The molecule has 0 aliphatic carbocycles. The molecular formula is C31H25N3O6S2. The smallest absolute Gasteiger partial charge is 0.337 e. The highest BCUT2D eigenvalue weighted by Gasteiger charge is 2.29. The molecule has 0 saturated carbocycles. The van der Waals surface area contributed by atoms with Gasteiger partial charge in [0.25, 0.3) is 20.0 Å². The number of hydrogen-bond acceptors (Lipinski definition) is 7. The van der Waals surface area contributed by atoms with Gasteiger partial charge >= 0.3 is 5.97 Å². The number of methoxy groups -OCH3 is 1. The Bertz CT molecular complexity index is 2230. The topological polar surface area (TPSA) is 117 Å². The average Bonchev–Trinajstić information content (AvgIpc) is 3.56. The number of hydrogen-bond donors (Lipinski definition) is 0. The van der Waals surface area contributed by atoms with Crippen molar-refractivity contribution in [3.05, 3.63) is 114 Å². The van der Waals surface area contributed by atoms with Crippen LogP contribution in [0.15, 0.2) is 107 Å². The molecule has 0 saturated heterocycles. The number of carbonyl (C=O) groups is 1. The fraction of sp³-hybridized carbons (Fsp3) is 0.0968. The SMILES string of the molecule is COC(=O)c1ccc2c(c1)c(-c1cc3cccnc3n1S(=O)(=O)c1ccc(C)cc1)cn2S(=O)(=O)c1ccc(C)cc1. The second-order valence-corrected chi connectivity index (χ2v) is 13.5. The summed E-state index contributed by atoms with van der Waals surface area (Å²) in [7, 11) is -7.07. The second-order valence-electron chi connectivity index (χ2n) is 9.91. The van der Waals surface area contributed by atoms with Crippen molar-refractivity contribution in [3.8, 4) is 11.3 Å². The zero-order valence-corrected chi connectivity index (χ0v) is 24.5. The summed E-state index contributed by atoms with van der Waals surface area (Å²) in [5.41, 5.74) is 2.88. The van der Waals surface area contributed by atoms with Crippen LogP contribution in [0, 0.1) is 13.8 Å². The molecule has 3 aromatic heterocycles. The summed E-state index contributed by atoms with van der Waals surface area (Å²) in [6.07, 6.45) is 2.88. The number of pyridine rings is 1. The molecule has 9 nitrogen and oxygen atoms in total. The van der Waals surface area contributed by atoms with Gasteiger partial charge in [-0.1, -0.05) is 35.4 Å². The van der Waals surface area contributed by atoms with Gasteiger partial charge < -0.3 is 4.74 Å². The molecule has 3 aromatic carbocycles. The maximum atomic E-state index is 14.2. The summed E-state index contributed by atoms with van der Waals surface area (Å²) in [5.74, 6) is -0.619. The Balaban J connectivity index is 1.70. The molecular weight excluding hydrogens is 574 g/mol. The van der Waals surface area contributed by atoms with Crippen molar-refractivity contribution in [2.45, 2.75) is 23.6 Å². The van der Waals surface area contributed by atoms with Crippen LogP contribution < -0.4 is 0 Å². The van der Waals surface area contributed by atoms with Crippen LogP contribution >= 0.6 is 0 Å². The lowest BCUT2D eigenvalue weighted by molar-refractivity contribution is 0.0601. The number of esters is 1. The summed E-state index contributed by atoms with van der Waals surface area (Å²) in [6, 6.07) is 22.4. The highest BCUT2D eigenvalue weighted by Crippen LogP contribution is 2.38. The van der Waals surface area contributed by atoms with E-state index in [4.69, 9.17) is 4.74 Å². The third kappa shape index (κ3) is 4.38. The van der Waals surface area contributed by atoms with Crippen LogP contribution in [0.5, 0.6) is 0 Å². The summed E-state index contributed by atoms with van der Waals surface area (Å²) in [5, 5.41) is 0.881. The second kappa shape index (κ2) is 9.97. The molecule has 6 rings (SSSR count). The molecule has 0 aliphatic heterocycles. The Hall–Kier alpha value is -4.74. The molecule has 11 heteroatoms. The quantitative estimate of drug-likeness (QED) is 0.231. The number of ether oxygens (including phenoxy) is 1. The first-order valence-corrected chi connectivity index (χ1v) is 15.7. The lowest BCUT2D eigenvalue weighted by Gasteiger charge is -2.11. The third-order valence-electron chi connectivity index (χ3n) is 7.12. The van der Waals surface area contributed by atoms with Gasteiger partial charge in [-0.2, -0.15) is 0 Å². The molecule has 0 atom stereocenters. The van der Waals surface area contributed by atoms with Crippen molar-refractivity contribution in [3.63, 3.8) is 0 Å². The van der Waals surface area contributed by atoms with Crippen molar-refractivity contribution < 1.29 is 26.4 Å². The van der Waals surface area contributed by atoms with Gasteiger partial charge in [0, 0.05) is 28.7 Å².